The molecule has 0 aliphatic carbocycles. The van der Waals surface area contributed by atoms with E-state index in [0.29, 0.717) is 33.9 Å². The Labute approximate surface area is 161 Å². The highest BCUT2D eigenvalue weighted by atomic mass is 35.5. The summed E-state index contributed by atoms with van der Waals surface area (Å²) < 4.78 is 11.6. The van der Waals surface area contributed by atoms with E-state index in [4.69, 9.17) is 20.8 Å². The zero-order valence-corrected chi connectivity index (χ0v) is 15.5. The third-order valence-corrected chi connectivity index (χ3v) is 4.81. The summed E-state index contributed by atoms with van der Waals surface area (Å²) >= 11 is 5.92. The summed E-state index contributed by atoms with van der Waals surface area (Å²) in [5.41, 5.74) is 4.00. The number of benzene rings is 3. The van der Waals surface area contributed by atoms with E-state index in [-0.39, 0.29) is 5.43 Å². The quantitative estimate of drug-likeness (QED) is 0.438. The lowest BCUT2D eigenvalue weighted by molar-refractivity contribution is 0.305. The van der Waals surface area contributed by atoms with Crippen molar-refractivity contribution >= 4 is 22.6 Å². The summed E-state index contributed by atoms with van der Waals surface area (Å²) in [5.74, 6) is 0.660. The van der Waals surface area contributed by atoms with Gasteiger partial charge in [-0.1, -0.05) is 48.0 Å². The minimum Gasteiger partial charge on any atom is -0.489 e. The molecule has 0 saturated heterocycles. The first-order valence-electron chi connectivity index (χ1n) is 8.60. The van der Waals surface area contributed by atoms with Crippen LogP contribution < -0.4 is 10.2 Å². The van der Waals surface area contributed by atoms with Crippen molar-refractivity contribution < 1.29 is 9.15 Å². The Morgan fingerprint density at radius 3 is 2.56 bits per heavy atom. The van der Waals surface area contributed by atoms with Gasteiger partial charge in [-0.05, 0) is 47.9 Å². The molecule has 0 N–H and O–H groups in total. The van der Waals surface area contributed by atoms with Crippen LogP contribution in [0.1, 0.15) is 11.1 Å². The smallest absolute Gasteiger partial charge is 0.200 e. The van der Waals surface area contributed by atoms with Crippen molar-refractivity contribution in [2.24, 2.45) is 0 Å². The molecule has 3 aromatic carbocycles. The fourth-order valence-corrected chi connectivity index (χ4v) is 3.09. The number of fused-ring (bicyclic) bond motifs is 1. The molecule has 0 atom stereocenters. The summed E-state index contributed by atoms with van der Waals surface area (Å²) in [4.78, 5) is 12.8. The van der Waals surface area contributed by atoms with Crippen LogP contribution in [-0.2, 0) is 6.61 Å². The Hall–Kier alpha value is -3.04. The first-order chi connectivity index (χ1) is 13.1. The van der Waals surface area contributed by atoms with Gasteiger partial charge in [0, 0.05) is 11.1 Å². The molecule has 0 saturated carbocycles. The number of aryl methyl sites for hydroxylation is 1. The molecular weight excluding hydrogens is 360 g/mol. The summed E-state index contributed by atoms with van der Waals surface area (Å²) in [6.07, 6.45) is 1.49. The molecule has 0 spiro atoms. The van der Waals surface area contributed by atoms with Crippen molar-refractivity contribution in [2.45, 2.75) is 13.5 Å². The fourth-order valence-electron chi connectivity index (χ4n) is 2.96. The average molecular weight is 377 g/mol. The van der Waals surface area contributed by atoms with Gasteiger partial charge >= 0.3 is 0 Å². The van der Waals surface area contributed by atoms with Crippen LogP contribution in [0.2, 0.25) is 5.02 Å². The fraction of sp³-hybridized carbons (Fsp3) is 0.0870. The highest BCUT2D eigenvalue weighted by molar-refractivity contribution is 6.30. The normalized spacial score (nSPS) is 10.9. The van der Waals surface area contributed by atoms with Gasteiger partial charge in [0.05, 0.1) is 10.9 Å². The molecule has 0 aliphatic heterocycles. The van der Waals surface area contributed by atoms with Crippen LogP contribution in [0.5, 0.6) is 5.75 Å². The molecule has 0 amide bonds. The molecule has 1 heterocycles. The topological polar surface area (TPSA) is 39.4 Å². The van der Waals surface area contributed by atoms with Crippen LogP contribution in [0, 0.1) is 6.92 Å². The third kappa shape index (κ3) is 3.60. The zero-order valence-electron chi connectivity index (χ0n) is 14.7. The number of halogens is 1. The van der Waals surface area contributed by atoms with Gasteiger partial charge in [0.25, 0.3) is 0 Å². The number of hydrogen-bond acceptors (Lipinski definition) is 3. The summed E-state index contributed by atoms with van der Waals surface area (Å²) in [6.45, 7) is 2.52. The molecule has 0 fully saturated rings. The molecule has 4 aromatic rings. The number of rotatable bonds is 4. The Bertz CT molecular complexity index is 1160. The maximum absolute atomic E-state index is 12.8. The van der Waals surface area contributed by atoms with Gasteiger partial charge in [-0.2, -0.15) is 0 Å². The second kappa shape index (κ2) is 7.29. The SMILES string of the molecule is Cc1ccccc1COc1ccc2c(=O)c(-c3ccc(Cl)cc3)coc2c1. The van der Waals surface area contributed by atoms with E-state index < -0.39 is 0 Å². The molecule has 0 unspecified atom stereocenters. The van der Waals surface area contributed by atoms with E-state index in [1.54, 1.807) is 42.5 Å². The molecule has 4 heteroatoms. The van der Waals surface area contributed by atoms with Crippen molar-refractivity contribution in [2.75, 3.05) is 0 Å². The van der Waals surface area contributed by atoms with E-state index >= 15 is 0 Å². The summed E-state index contributed by atoms with van der Waals surface area (Å²) in [5, 5.41) is 1.14. The first kappa shape index (κ1) is 17.4. The molecule has 134 valence electrons. The van der Waals surface area contributed by atoms with Gasteiger partial charge in [0.1, 0.15) is 24.2 Å². The number of hydrogen-bond donors (Lipinski definition) is 0. The number of ether oxygens (including phenoxy) is 1. The third-order valence-electron chi connectivity index (χ3n) is 4.56. The predicted octanol–water partition coefficient (Wildman–Crippen LogP) is 6.00. The van der Waals surface area contributed by atoms with Gasteiger partial charge in [-0.25, -0.2) is 0 Å². The van der Waals surface area contributed by atoms with Gasteiger partial charge in [0.2, 0.25) is 0 Å². The van der Waals surface area contributed by atoms with Crippen LogP contribution in [0.15, 0.2) is 82.2 Å². The molecule has 4 rings (SSSR count). The molecule has 27 heavy (non-hydrogen) atoms. The Kier molecular flexibility index (Phi) is 4.69. The van der Waals surface area contributed by atoms with Gasteiger partial charge in [-0.3, -0.25) is 4.79 Å². The molecule has 0 radical (unpaired) electrons. The lowest BCUT2D eigenvalue weighted by Gasteiger charge is -2.09. The predicted molar refractivity (Wildman–Crippen MR) is 108 cm³/mol. The largest absolute Gasteiger partial charge is 0.489 e. The van der Waals surface area contributed by atoms with Crippen LogP contribution in [0.3, 0.4) is 0 Å². The van der Waals surface area contributed by atoms with Crippen molar-refractivity contribution in [3.63, 3.8) is 0 Å². The molecule has 1 aromatic heterocycles. The van der Waals surface area contributed by atoms with Crippen molar-refractivity contribution in [3.8, 4) is 16.9 Å². The molecule has 3 nitrogen and oxygen atoms in total. The summed E-state index contributed by atoms with van der Waals surface area (Å²) in [6, 6.07) is 20.5. The Balaban J connectivity index is 1.64. The molecule has 0 bridgehead atoms. The van der Waals surface area contributed by atoms with Crippen LogP contribution in [0.4, 0.5) is 0 Å². The lowest BCUT2D eigenvalue weighted by Crippen LogP contribution is -2.05. The molecular formula is C23H17ClO3. The maximum Gasteiger partial charge on any atom is 0.200 e. The maximum atomic E-state index is 12.8. The van der Waals surface area contributed by atoms with Crippen molar-refractivity contribution in [3.05, 3.63) is 99.4 Å². The van der Waals surface area contributed by atoms with E-state index in [1.807, 2.05) is 18.2 Å². The lowest BCUT2D eigenvalue weighted by atomic mass is 10.1. The van der Waals surface area contributed by atoms with E-state index in [2.05, 4.69) is 13.0 Å². The van der Waals surface area contributed by atoms with Crippen molar-refractivity contribution in [1.82, 2.24) is 0 Å². The standard InChI is InChI=1S/C23H17ClO3/c1-15-4-2-3-5-17(15)13-26-19-10-11-20-22(12-19)27-14-21(23(20)25)16-6-8-18(24)9-7-16/h2-12,14H,13H2,1H3. The van der Waals surface area contributed by atoms with Crippen LogP contribution >= 0.6 is 11.6 Å². The highest BCUT2D eigenvalue weighted by Crippen LogP contribution is 2.24. The highest BCUT2D eigenvalue weighted by Gasteiger charge is 2.10. The Morgan fingerprint density at radius 2 is 1.78 bits per heavy atom. The van der Waals surface area contributed by atoms with Crippen molar-refractivity contribution in [1.29, 1.82) is 0 Å². The van der Waals surface area contributed by atoms with Gasteiger partial charge in [0.15, 0.2) is 5.43 Å². The average Bonchev–Trinajstić information content (AvgIpc) is 2.68. The second-order valence-corrected chi connectivity index (χ2v) is 6.79. The van der Waals surface area contributed by atoms with E-state index in [0.717, 1.165) is 11.1 Å². The van der Waals surface area contributed by atoms with Crippen LogP contribution in [0.25, 0.3) is 22.1 Å². The van der Waals surface area contributed by atoms with Gasteiger partial charge in [-0.15, -0.1) is 0 Å². The van der Waals surface area contributed by atoms with Crippen LogP contribution in [-0.4, -0.2) is 0 Å². The summed E-state index contributed by atoms with van der Waals surface area (Å²) in [7, 11) is 0. The second-order valence-electron chi connectivity index (χ2n) is 6.36. The minimum absolute atomic E-state index is 0.0796. The minimum atomic E-state index is -0.0796. The monoisotopic (exact) mass is 376 g/mol. The zero-order chi connectivity index (χ0) is 18.8. The Morgan fingerprint density at radius 1 is 1.00 bits per heavy atom. The van der Waals surface area contributed by atoms with E-state index in [9.17, 15) is 4.79 Å². The van der Waals surface area contributed by atoms with E-state index in [1.165, 1.54) is 11.8 Å². The molecule has 0 aliphatic rings. The first-order valence-corrected chi connectivity index (χ1v) is 8.98. The van der Waals surface area contributed by atoms with Gasteiger partial charge < -0.3 is 9.15 Å².